The fraction of sp³-hybridized carbons (Fsp3) is 0.462. The molecule has 1 aromatic carbocycles. The molecule has 0 saturated carbocycles. The third kappa shape index (κ3) is 4.18. The third-order valence-corrected chi connectivity index (χ3v) is 4.25. The minimum atomic E-state index is -4.13. The van der Waals surface area contributed by atoms with E-state index in [4.69, 9.17) is 15.4 Å². The fourth-order valence-electron chi connectivity index (χ4n) is 1.74. The zero-order valence-electron chi connectivity index (χ0n) is 11.4. The van der Waals surface area contributed by atoms with E-state index in [9.17, 15) is 17.6 Å². The van der Waals surface area contributed by atoms with Gasteiger partial charge in [-0.05, 0) is 32.4 Å². The molecule has 0 bridgehead atoms. The van der Waals surface area contributed by atoms with Gasteiger partial charge in [-0.15, -0.1) is 0 Å². The van der Waals surface area contributed by atoms with Crippen LogP contribution in [-0.4, -0.2) is 20.5 Å². The van der Waals surface area contributed by atoms with Crippen LogP contribution in [0.2, 0.25) is 0 Å². The number of hydrogen-bond acceptors (Lipinski definition) is 4. The molecule has 0 amide bonds. The Morgan fingerprint density at radius 2 is 2.05 bits per heavy atom. The van der Waals surface area contributed by atoms with Crippen molar-refractivity contribution < 1.29 is 22.3 Å². The molecule has 0 N–H and O–H groups in total. The summed E-state index contributed by atoms with van der Waals surface area (Å²) < 4.78 is 41.5. The Morgan fingerprint density at radius 1 is 1.45 bits per heavy atom. The number of rotatable bonds is 5. The second-order valence-corrected chi connectivity index (χ2v) is 7.06. The molecule has 7 heteroatoms. The smallest absolute Gasteiger partial charge is 0.338 e. The predicted octanol–water partition coefficient (Wildman–Crippen LogP) is 3.41. The van der Waals surface area contributed by atoms with Crippen LogP contribution in [0.15, 0.2) is 17.0 Å². The molecule has 0 aliphatic heterocycles. The van der Waals surface area contributed by atoms with Crippen LogP contribution in [0.25, 0.3) is 0 Å². The van der Waals surface area contributed by atoms with Gasteiger partial charge in [-0.25, -0.2) is 17.6 Å². The predicted molar refractivity (Wildman–Crippen MR) is 74.0 cm³/mol. The largest absolute Gasteiger partial charge is 0.459 e. The lowest BCUT2D eigenvalue weighted by Crippen LogP contribution is -2.15. The van der Waals surface area contributed by atoms with Crippen LogP contribution in [0.5, 0.6) is 0 Å². The van der Waals surface area contributed by atoms with Crippen LogP contribution >= 0.6 is 10.7 Å². The monoisotopic (exact) mass is 322 g/mol. The molecular weight excluding hydrogens is 307 g/mol. The maximum atomic E-state index is 13.7. The highest BCUT2D eigenvalue weighted by Gasteiger charge is 2.21. The van der Waals surface area contributed by atoms with Crippen molar-refractivity contribution in [2.45, 2.75) is 44.6 Å². The topological polar surface area (TPSA) is 60.4 Å². The Balaban J connectivity index is 3.15. The Kier molecular flexibility index (Phi) is 5.53. The summed E-state index contributed by atoms with van der Waals surface area (Å²) in [6, 6.07) is 1.98. The molecular formula is C13H16ClFO4S. The van der Waals surface area contributed by atoms with E-state index in [0.717, 1.165) is 18.6 Å². The van der Waals surface area contributed by atoms with Gasteiger partial charge in [0.05, 0.1) is 16.6 Å². The molecule has 1 unspecified atom stereocenters. The number of esters is 1. The van der Waals surface area contributed by atoms with E-state index >= 15 is 0 Å². The van der Waals surface area contributed by atoms with Crippen molar-refractivity contribution in [2.75, 3.05) is 0 Å². The van der Waals surface area contributed by atoms with E-state index in [2.05, 4.69) is 0 Å². The fourth-order valence-corrected chi connectivity index (χ4v) is 2.95. The Morgan fingerprint density at radius 3 is 2.55 bits per heavy atom. The first kappa shape index (κ1) is 16.9. The second-order valence-electron chi connectivity index (χ2n) is 4.52. The Labute approximate surface area is 122 Å². The summed E-state index contributed by atoms with van der Waals surface area (Å²) in [4.78, 5) is 11.4. The number of carbonyl (C=O) groups excluding carboxylic acids is 1. The van der Waals surface area contributed by atoms with Gasteiger partial charge in [0.15, 0.2) is 0 Å². The normalized spacial score (nSPS) is 13.1. The van der Waals surface area contributed by atoms with Gasteiger partial charge in [0, 0.05) is 16.2 Å². The van der Waals surface area contributed by atoms with E-state index < -0.39 is 25.7 Å². The molecule has 1 aromatic rings. The quantitative estimate of drug-likeness (QED) is 0.615. The first-order chi connectivity index (χ1) is 9.16. The summed E-state index contributed by atoms with van der Waals surface area (Å²) in [5.74, 6) is -1.59. The number of carbonyl (C=O) groups is 1. The molecule has 112 valence electrons. The third-order valence-electron chi connectivity index (χ3n) is 2.80. The van der Waals surface area contributed by atoms with Crippen molar-refractivity contribution >= 4 is 25.7 Å². The summed E-state index contributed by atoms with van der Waals surface area (Å²) in [5, 5.41) is 0. The molecule has 1 atom stereocenters. The van der Waals surface area contributed by atoms with Crippen molar-refractivity contribution in [2.24, 2.45) is 0 Å². The molecule has 0 fully saturated rings. The van der Waals surface area contributed by atoms with Gasteiger partial charge in [-0.2, -0.15) is 0 Å². The molecule has 0 aromatic heterocycles. The molecule has 0 radical (unpaired) electrons. The molecule has 4 nitrogen and oxygen atoms in total. The van der Waals surface area contributed by atoms with Crippen LogP contribution in [0.3, 0.4) is 0 Å². The van der Waals surface area contributed by atoms with Crippen LogP contribution in [0, 0.1) is 12.7 Å². The number of hydrogen-bond donors (Lipinski definition) is 0. The van der Waals surface area contributed by atoms with Gasteiger partial charge >= 0.3 is 5.97 Å². The van der Waals surface area contributed by atoms with Crippen molar-refractivity contribution in [1.82, 2.24) is 0 Å². The summed E-state index contributed by atoms with van der Waals surface area (Å²) in [6.45, 7) is 4.93. The van der Waals surface area contributed by atoms with Crippen LogP contribution in [-0.2, 0) is 13.8 Å². The maximum absolute atomic E-state index is 13.7. The molecule has 0 heterocycles. The van der Waals surface area contributed by atoms with Gasteiger partial charge < -0.3 is 4.74 Å². The van der Waals surface area contributed by atoms with Crippen molar-refractivity contribution in [1.29, 1.82) is 0 Å². The summed E-state index contributed by atoms with van der Waals surface area (Å²) in [5.41, 5.74) is -0.298. The van der Waals surface area contributed by atoms with Crippen LogP contribution in [0.1, 0.15) is 42.6 Å². The first-order valence-electron chi connectivity index (χ1n) is 6.12. The highest BCUT2D eigenvalue weighted by molar-refractivity contribution is 8.13. The van der Waals surface area contributed by atoms with Gasteiger partial charge in [-0.3, -0.25) is 0 Å². The van der Waals surface area contributed by atoms with E-state index in [-0.39, 0.29) is 17.2 Å². The van der Waals surface area contributed by atoms with E-state index in [0.29, 0.717) is 6.42 Å². The average molecular weight is 323 g/mol. The summed E-state index contributed by atoms with van der Waals surface area (Å²) in [6.07, 6.45) is 1.17. The number of ether oxygens (including phenoxy) is 1. The second kappa shape index (κ2) is 6.54. The first-order valence-corrected chi connectivity index (χ1v) is 8.43. The molecule has 0 saturated heterocycles. The van der Waals surface area contributed by atoms with Crippen LogP contribution in [0.4, 0.5) is 4.39 Å². The molecule has 0 aliphatic rings. The minimum absolute atomic E-state index is 0.127. The van der Waals surface area contributed by atoms with E-state index in [1.54, 1.807) is 6.92 Å². The molecule has 1 rings (SSSR count). The van der Waals surface area contributed by atoms with Gasteiger partial charge in [0.25, 0.3) is 9.05 Å². The molecule has 20 heavy (non-hydrogen) atoms. The lowest BCUT2D eigenvalue weighted by atomic mass is 10.1. The van der Waals surface area contributed by atoms with E-state index in [1.165, 1.54) is 6.92 Å². The zero-order chi connectivity index (χ0) is 15.5. The average Bonchev–Trinajstić information content (AvgIpc) is 2.30. The lowest BCUT2D eigenvalue weighted by molar-refractivity contribution is 0.0322. The lowest BCUT2D eigenvalue weighted by Gasteiger charge is -2.13. The number of halogens is 2. The van der Waals surface area contributed by atoms with Crippen molar-refractivity contribution in [3.8, 4) is 0 Å². The highest BCUT2D eigenvalue weighted by atomic mass is 35.7. The minimum Gasteiger partial charge on any atom is -0.459 e. The standard InChI is InChI=1S/C13H16ClFO4S/c1-4-5-8(2)19-13(16)10-6-11(15)9(3)12(7-10)20(14,17)18/h6-8H,4-5H2,1-3H3. The Hall–Kier alpha value is -1.14. The van der Waals surface area contributed by atoms with Crippen molar-refractivity contribution in [3.05, 3.63) is 29.1 Å². The molecule has 0 spiro atoms. The highest BCUT2D eigenvalue weighted by Crippen LogP contribution is 2.24. The zero-order valence-corrected chi connectivity index (χ0v) is 13.0. The summed E-state index contributed by atoms with van der Waals surface area (Å²) >= 11 is 0. The van der Waals surface area contributed by atoms with Gasteiger partial charge in [-0.1, -0.05) is 13.3 Å². The number of benzene rings is 1. The van der Waals surface area contributed by atoms with Gasteiger partial charge in [0.1, 0.15) is 5.82 Å². The Bertz CT molecular complexity index is 613. The van der Waals surface area contributed by atoms with Gasteiger partial charge in [0.2, 0.25) is 0 Å². The van der Waals surface area contributed by atoms with Crippen molar-refractivity contribution in [3.63, 3.8) is 0 Å². The van der Waals surface area contributed by atoms with E-state index in [1.807, 2.05) is 6.92 Å². The SMILES string of the molecule is CCCC(C)OC(=O)c1cc(F)c(C)c(S(=O)(=O)Cl)c1. The van der Waals surface area contributed by atoms with Crippen LogP contribution < -0.4 is 0 Å². The molecule has 0 aliphatic carbocycles. The maximum Gasteiger partial charge on any atom is 0.338 e. The summed E-state index contributed by atoms with van der Waals surface area (Å²) in [7, 11) is 1.10.